The summed E-state index contributed by atoms with van der Waals surface area (Å²) in [7, 11) is 0. The lowest BCUT2D eigenvalue weighted by Gasteiger charge is -2.09. The van der Waals surface area contributed by atoms with E-state index in [9.17, 15) is 0 Å². The summed E-state index contributed by atoms with van der Waals surface area (Å²) in [5.74, 6) is 5.75. The van der Waals surface area contributed by atoms with E-state index in [0.29, 0.717) is 11.0 Å². The SMILES string of the molecule is C#CCSCCNc1nc(C)nc(Cl)c1C. The minimum Gasteiger partial charge on any atom is -0.369 e. The minimum atomic E-state index is 0.506. The molecule has 16 heavy (non-hydrogen) atoms. The van der Waals surface area contributed by atoms with Gasteiger partial charge in [0.1, 0.15) is 16.8 Å². The molecule has 0 aromatic carbocycles. The van der Waals surface area contributed by atoms with Crippen LogP contribution in [0.3, 0.4) is 0 Å². The number of nitrogens with zero attached hydrogens (tertiary/aromatic N) is 2. The maximum Gasteiger partial charge on any atom is 0.137 e. The van der Waals surface area contributed by atoms with E-state index < -0.39 is 0 Å². The molecule has 0 bridgehead atoms. The van der Waals surface area contributed by atoms with Gasteiger partial charge >= 0.3 is 0 Å². The molecule has 3 nitrogen and oxygen atoms in total. The topological polar surface area (TPSA) is 37.8 Å². The van der Waals surface area contributed by atoms with Gasteiger partial charge in [-0.3, -0.25) is 0 Å². The van der Waals surface area contributed by atoms with Crippen LogP contribution in [0.2, 0.25) is 5.15 Å². The van der Waals surface area contributed by atoms with Crippen LogP contribution >= 0.6 is 23.4 Å². The Morgan fingerprint density at radius 3 is 2.88 bits per heavy atom. The van der Waals surface area contributed by atoms with Gasteiger partial charge in [-0.2, -0.15) is 0 Å². The van der Waals surface area contributed by atoms with Gasteiger partial charge in [-0.25, -0.2) is 9.97 Å². The molecule has 0 amide bonds. The lowest BCUT2D eigenvalue weighted by atomic mass is 10.3. The number of aromatic nitrogens is 2. The Bertz CT molecular complexity index is 401. The van der Waals surface area contributed by atoms with Crippen LogP contribution in [0.15, 0.2) is 0 Å². The molecule has 0 aliphatic heterocycles. The van der Waals surface area contributed by atoms with Crippen molar-refractivity contribution in [3.63, 3.8) is 0 Å². The molecule has 0 spiro atoms. The third-order valence-electron chi connectivity index (χ3n) is 1.92. The van der Waals surface area contributed by atoms with Crippen LogP contribution in [0.25, 0.3) is 0 Å². The summed E-state index contributed by atoms with van der Waals surface area (Å²) in [4.78, 5) is 8.37. The van der Waals surface area contributed by atoms with E-state index >= 15 is 0 Å². The molecule has 1 aromatic rings. The van der Waals surface area contributed by atoms with Crippen LogP contribution in [0.1, 0.15) is 11.4 Å². The van der Waals surface area contributed by atoms with Gasteiger partial charge in [-0.05, 0) is 13.8 Å². The number of terminal acetylenes is 1. The van der Waals surface area contributed by atoms with Crippen LogP contribution in [-0.4, -0.2) is 28.0 Å². The molecule has 0 atom stereocenters. The number of rotatable bonds is 5. The van der Waals surface area contributed by atoms with E-state index in [4.69, 9.17) is 18.0 Å². The van der Waals surface area contributed by atoms with Crippen LogP contribution in [-0.2, 0) is 0 Å². The van der Waals surface area contributed by atoms with Crippen LogP contribution in [0.5, 0.6) is 0 Å². The zero-order valence-corrected chi connectivity index (χ0v) is 11.0. The first-order valence-electron chi connectivity index (χ1n) is 4.91. The van der Waals surface area contributed by atoms with Gasteiger partial charge < -0.3 is 5.32 Å². The van der Waals surface area contributed by atoms with Crippen LogP contribution in [0, 0.1) is 26.2 Å². The molecule has 5 heteroatoms. The first-order valence-corrected chi connectivity index (χ1v) is 6.44. The van der Waals surface area contributed by atoms with Crippen molar-refractivity contribution >= 4 is 29.2 Å². The number of thioether (sulfide) groups is 1. The van der Waals surface area contributed by atoms with E-state index in [-0.39, 0.29) is 0 Å². The molecule has 1 aromatic heterocycles. The Labute approximate surface area is 105 Å². The lowest BCUT2D eigenvalue weighted by molar-refractivity contribution is 1.02. The molecule has 86 valence electrons. The highest BCUT2D eigenvalue weighted by Gasteiger charge is 2.06. The minimum absolute atomic E-state index is 0.506. The average molecular weight is 256 g/mol. The fourth-order valence-electron chi connectivity index (χ4n) is 1.14. The number of halogens is 1. The second-order valence-corrected chi connectivity index (χ2v) is 4.68. The van der Waals surface area contributed by atoms with E-state index in [1.54, 1.807) is 11.8 Å². The quantitative estimate of drug-likeness (QED) is 0.499. The molecule has 1 rings (SSSR count). The summed E-state index contributed by atoms with van der Waals surface area (Å²) in [6.07, 6.45) is 5.16. The van der Waals surface area contributed by atoms with E-state index in [0.717, 1.165) is 29.4 Å². The Hall–Kier alpha value is -0.920. The standard InChI is InChI=1S/C11H14ClN3S/c1-4-6-16-7-5-13-11-8(2)10(12)14-9(3)15-11/h1H,5-7H2,2-3H3,(H,13,14,15). The summed E-state index contributed by atoms with van der Waals surface area (Å²) in [5.41, 5.74) is 0.884. The monoisotopic (exact) mass is 255 g/mol. The molecule has 1 heterocycles. The normalized spacial score (nSPS) is 9.88. The van der Waals surface area contributed by atoms with Gasteiger partial charge in [-0.15, -0.1) is 18.2 Å². The van der Waals surface area contributed by atoms with E-state index in [1.165, 1.54) is 0 Å². The summed E-state index contributed by atoms with van der Waals surface area (Å²) < 4.78 is 0. The highest BCUT2D eigenvalue weighted by atomic mass is 35.5. The van der Waals surface area contributed by atoms with Gasteiger partial charge in [0.2, 0.25) is 0 Å². The largest absolute Gasteiger partial charge is 0.369 e. The van der Waals surface area contributed by atoms with Crippen molar-refractivity contribution in [2.24, 2.45) is 0 Å². The first-order chi connectivity index (χ1) is 7.65. The van der Waals surface area contributed by atoms with Crippen molar-refractivity contribution in [3.8, 4) is 12.3 Å². The highest BCUT2D eigenvalue weighted by Crippen LogP contribution is 2.19. The average Bonchev–Trinajstić information content (AvgIpc) is 2.24. The number of nitrogens with one attached hydrogen (secondary N) is 1. The van der Waals surface area contributed by atoms with Crippen LogP contribution < -0.4 is 5.32 Å². The Morgan fingerprint density at radius 1 is 1.44 bits per heavy atom. The van der Waals surface area contributed by atoms with Gasteiger partial charge in [0.25, 0.3) is 0 Å². The molecule has 0 saturated heterocycles. The Balaban J connectivity index is 2.51. The van der Waals surface area contributed by atoms with E-state index in [2.05, 4.69) is 21.2 Å². The maximum atomic E-state index is 5.96. The Morgan fingerprint density at radius 2 is 2.19 bits per heavy atom. The third-order valence-corrected chi connectivity index (χ3v) is 3.15. The fourth-order valence-corrected chi connectivity index (χ4v) is 1.86. The molecule has 0 aliphatic rings. The molecule has 1 N–H and O–H groups in total. The van der Waals surface area contributed by atoms with Gasteiger partial charge in [0.05, 0.1) is 5.75 Å². The zero-order valence-electron chi connectivity index (χ0n) is 9.38. The predicted octanol–water partition coefficient (Wildman–Crippen LogP) is 2.53. The number of anilines is 1. The van der Waals surface area contributed by atoms with E-state index in [1.807, 2.05) is 13.8 Å². The molecule has 0 fully saturated rings. The molecular weight excluding hydrogens is 242 g/mol. The second-order valence-electron chi connectivity index (χ2n) is 3.22. The van der Waals surface area contributed by atoms with Crippen molar-refractivity contribution in [3.05, 3.63) is 16.5 Å². The van der Waals surface area contributed by atoms with Crippen molar-refractivity contribution in [1.29, 1.82) is 0 Å². The summed E-state index contributed by atoms with van der Waals surface area (Å²) in [6, 6.07) is 0. The molecule has 0 unspecified atom stereocenters. The predicted molar refractivity (Wildman–Crippen MR) is 71.2 cm³/mol. The molecule has 0 saturated carbocycles. The summed E-state index contributed by atoms with van der Waals surface area (Å²) >= 11 is 7.67. The third kappa shape index (κ3) is 3.92. The van der Waals surface area contributed by atoms with Crippen LogP contribution in [0.4, 0.5) is 5.82 Å². The second kappa shape index (κ2) is 6.62. The molecule has 0 aliphatic carbocycles. The molecule has 0 radical (unpaired) electrons. The summed E-state index contributed by atoms with van der Waals surface area (Å²) in [6.45, 7) is 4.54. The van der Waals surface area contributed by atoms with Crippen molar-refractivity contribution in [2.75, 3.05) is 23.4 Å². The van der Waals surface area contributed by atoms with Gasteiger partial charge in [0, 0.05) is 17.9 Å². The highest BCUT2D eigenvalue weighted by molar-refractivity contribution is 7.99. The lowest BCUT2D eigenvalue weighted by Crippen LogP contribution is -2.09. The fraction of sp³-hybridized carbons (Fsp3) is 0.455. The summed E-state index contributed by atoms with van der Waals surface area (Å²) in [5, 5.41) is 3.73. The number of aryl methyl sites for hydroxylation is 1. The Kier molecular flexibility index (Phi) is 5.44. The van der Waals surface area contributed by atoms with Crippen molar-refractivity contribution in [1.82, 2.24) is 9.97 Å². The first kappa shape index (κ1) is 13.1. The van der Waals surface area contributed by atoms with Gasteiger partial charge in [0.15, 0.2) is 0 Å². The zero-order chi connectivity index (χ0) is 12.0. The molecular formula is C11H14ClN3S. The van der Waals surface area contributed by atoms with Crippen molar-refractivity contribution in [2.45, 2.75) is 13.8 Å². The number of hydrogen-bond donors (Lipinski definition) is 1. The van der Waals surface area contributed by atoms with Crippen molar-refractivity contribution < 1.29 is 0 Å². The maximum absolute atomic E-state index is 5.96. The smallest absolute Gasteiger partial charge is 0.137 e. The van der Waals surface area contributed by atoms with Gasteiger partial charge in [-0.1, -0.05) is 17.5 Å². The number of hydrogen-bond acceptors (Lipinski definition) is 4.